The first kappa shape index (κ1) is 23.5. The lowest BCUT2D eigenvalue weighted by Gasteiger charge is -2.12. The number of carbonyl (C=O) groups excluding carboxylic acids is 1. The van der Waals surface area contributed by atoms with E-state index in [0.29, 0.717) is 5.69 Å². The van der Waals surface area contributed by atoms with E-state index in [4.69, 9.17) is 4.74 Å². The fraction of sp³-hybridized carbons (Fsp3) is 0.0417. The minimum absolute atomic E-state index is 0.0777. The summed E-state index contributed by atoms with van der Waals surface area (Å²) < 4.78 is 35.0. The summed E-state index contributed by atoms with van der Waals surface area (Å²) >= 11 is 0. The SMILES string of the molecule is COc1ccc([N+](=O)[O-])cc1NS(=O)(=O)c1ccc(C(=O)Nc2cccc(-n3cccc3)c2)cc1. The van der Waals surface area contributed by atoms with Gasteiger partial charge in [-0.15, -0.1) is 0 Å². The van der Waals surface area contributed by atoms with Gasteiger partial charge in [-0.3, -0.25) is 19.6 Å². The van der Waals surface area contributed by atoms with Crippen molar-refractivity contribution in [3.05, 3.63) is 107 Å². The molecule has 0 saturated carbocycles. The lowest BCUT2D eigenvalue weighted by molar-refractivity contribution is -0.384. The fourth-order valence-corrected chi connectivity index (χ4v) is 4.39. The number of nitrogens with zero attached hydrogens (tertiary/aromatic N) is 2. The molecule has 0 radical (unpaired) electrons. The lowest BCUT2D eigenvalue weighted by atomic mass is 10.2. The molecule has 1 amide bonds. The van der Waals surface area contributed by atoms with Gasteiger partial charge in [-0.1, -0.05) is 6.07 Å². The lowest BCUT2D eigenvalue weighted by Crippen LogP contribution is -2.15. The van der Waals surface area contributed by atoms with Crippen molar-refractivity contribution in [1.29, 1.82) is 0 Å². The molecule has 11 heteroatoms. The summed E-state index contributed by atoms with van der Waals surface area (Å²) in [5.74, 6) is -0.288. The van der Waals surface area contributed by atoms with E-state index in [2.05, 4.69) is 10.0 Å². The topological polar surface area (TPSA) is 133 Å². The van der Waals surface area contributed by atoms with Crippen molar-refractivity contribution < 1.29 is 22.9 Å². The minimum Gasteiger partial charge on any atom is -0.495 e. The second-order valence-electron chi connectivity index (χ2n) is 7.37. The van der Waals surface area contributed by atoms with Crippen LogP contribution in [0, 0.1) is 10.1 Å². The summed E-state index contributed by atoms with van der Waals surface area (Å²) in [4.78, 5) is 23.0. The summed E-state index contributed by atoms with van der Waals surface area (Å²) in [5.41, 5.74) is 1.33. The number of sulfonamides is 1. The Morgan fingerprint density at radius 1 is 0.971 bits per heavy atom. The Labute approximate surface area is 201 Å². The van der Waals surface area contributed by atoms with Crippen LogP contribution in [0.25, 0.3) is 5.69 Å². The van der Waals surface area contributed by atoms with Gasteiger partial charge in [-0.2, -0.15) is 0 Å². The molecule has 35 heavy (non-hydrogen) atoms. The molecule has 10 nitrogen and oxygen atoms in total. The predicted octanol–water partition coefficient (Wildman–Crippen LogP) is 4.45. The van der Waals surface area contributed by atoms with E-state index in [1.54, 1.807) is 6.07 Å². The third kappa shape index (κ3) is 5.31. The van der Waals surface area contributed by atoms with E-state index in [9.17, 15) is 23.3 Å². The van der Waals surface area contributed by atoms with Crippen LogP contribution in [0.4, 0.5) is 17.1 Å². The summed E-state index contributed by atoms with van der Waals surface area (Å²) in [6.45, 7) is 0. The van der Waals surface area contributed by atoms with Crippen LogP contribution in [0.5, 0.6) is 5.75 Å². The molecule has 0 aliphatic carbocycles. The van der Waals surface area contributed by atoms with Gasteiger partial charge in [0, 0.05) is 41.5 Å². The van der Waals surface area contributed by atoms with Crippen molar-refractivity contribution in [1.82, 2.24) is 4.57 Å². The monoisotopic (exact) mass is 492 g/mol. The predicted molar refractivity (Wildman–Crippen MR) is 131 cm³/mol. The number of non-ortho nitro benzene ring substituents is 1. The molecule has 0 spiro atoms. The van der Waals surface area contributed by atoms with Crippen LogP contribution in [0.3, 0.4) is 0 Å². The summed E-state index contributed by atoms with van der Waals surface area (Å²) in [6, 6.07) is 20.0. The maximum Gasteiger partial charge on any atom is 0.271 e. The maximum absolute atomic E-state index is 12.8. The zero-order chi connectivity index (χ0) is 25.0. The van der Waals surface area contributed by atoms with Gasteiger partial charge in [-0.05, 0) is 60.7 Å². The van der Waals surface area contributed by atoms with Crippen molar-refractivity contribution in [2.45, 2.75) is 4.90 Å². The minimum atomic E-state index is -4.11. The molecule has 1 aromatic heterocycles. The number of amides is 1. The Hall–Kier alpha value is -4.64. The largest absolute Gasteiger partial charge is 0.495 e. The number of benzene rings is 3. The summed E-state index contributed by atoms with van der Waals surface area (Å²) in [7, 11) is -2.79. The average molecular weight is 493 g/mol. The third-order valence-electron chi connectivity index (χ3n) is 5.07. The van der Waals surface area contributed by atoms with Crippen LogP contribution >= 0.6 is 0 Å². The number of carbonyl (C=O) groups is 1. The van der Waals surface area contributed by atoms with Gasteiger partial charge in [0.25, 0.3) is 21.6 Å². The van der Waals surface area contributed by atoms with E-state index in [-0.39, 0.29) is 27.6 Å². The average Bonchev–Trinajstić information content (AvgIpc) is 3.39. The van der Waals surface area contributed by atoms with Gasteiger partial charge in [-0.25, -0.2) is 8.42 Å². The Balaban J connectivity index is 1.51. The van der Waals surface area contributed by atoms with Crippen LogP contribution < -0.4 is 14.8 Å². The molecule has 0 atom stereocenters. The van der Waals surface area contributed by atoms with Gasteiger partial charge in [0.15, 0.2) is 0 Å². The van der Waals surface area contributed by atoms with Crippen molar-refractivity contribution in [3.63, 3.8) is 0 Å². The molecule has 178 valence electrons. The molecule has 0 aliphatic rings. The van der Waals surface area contributed by atoms with Crippen molar-refractivity contribution >= 4 is 33.0 Å². The molecule has 4 aromatic rings. The molecule has 3 aromatic carbocycles. The van der Waals surface area contributed by atoms with E-state index >= 15 is 0 Å². The number of nitrogens with one attached hydrogen (secondary N) is 2. The second-order valence-corrected chi connectivity index (χ2v) is 9.05. The highest BCUT2D eigenvalue weighted by molar-refractivity contribution is 7.92. The van der Waals surface area contributed by atoms with Gasteiger partial charge in [0.1, 0.15) is 5.75 Å². The Bertz CT molecular complexity index is 1480. The van der Waals surface area contributed by atoms with E-state index in [0.717, 1.165) is 11.8 Å². The molecule has 4 rings (SSSR count). The van der Waals surface area contributed by atoms with Crippen molar-refractivity contribution in [2.24, 2.45) is 0 Å². The number of hydrogen-bond acceptors (Lipinski definition) is 6. The fourth-order valence-electron chi connectivity index (χ4n) is 3.33. The van der Waals surface area contributed by atoms with Crippen LogP contribution in [-0.2, 0) is 10.0 Å². The highest BCUT2D eigenvalue weighted by Crippen LogP contribution is 2.31. The zero-order valence-electron chi connectivity index (χ0n) is 18.4. The normalized spacial score (nSPS) is 11.0. The number of nitro groups is 1. The summed E-state index contributed by atoms with van der Waals surface area (Å²) in [5, 5.41) is 13.8. The standard InChI is InChI=1S/C24H20N4O6S/c1-34-23-12-9-20(28(30)31)16-22(23)26-35(32,33)21-10-7-17(8-11-21)24(29)25-18-5-4-6-19(15-18)27-13-2-3-14-27/h2-16,26H,1H3,(H,25,29). The van der Waals surface area contributed by atoms with E-state index in [1.807, 2.05) is 47.3 Å². The molecule has 0 unspecified atom stereocenters. The Morgan fingerprint density at radius 2 is 1.69 bits per heavy atom. The number of hydrogen-bond donors (Lipinski definition) is 2. The molecular formula is C24H20N4O6S. The molecule has 2 N–H and O–H groups in total. The van der Waals surface area contributed by atoms with Crippen LogP contribution in [0.1, 0.15) is 10.4 Å². The van der Waals surface area contributed by atoms with Gasteiger partial charge in [0.2, 0.25) is 0 Å². The van der Waals surface area contributed by atoms with Crippen molar-refractivity contribution in [3.8, 4) is 11.4 Å². The molecule has 0 aliphatic heterocycles. The quantitative estimate of drug-likeness (QED) is 0.276. The second kappa shape index (κ2) is 9.69. The number of methoxy groups -OCH3 is 1. The van der Waals surface area contributed by atoms with Gasteiger partial charge < -0.3 is 14.6 Å². The maximum atomic E-state index is 12.8. The van der Waals surface area contributed by atoms with E-state index in [1.165, 1.54) is 43.5 Å². The molecule has 0 saturated heterocycles. The number of aromatic nitrogens is 1. The van der Waals surface area contributed by atoms with Gasteiger partial charge in [0.05, 0.1) is 22.6 Å². The first-order valence-electron chi connectivity index (χ1n) is 10.3. The van der Waals surface area contributed by atoms with Gasteiger partial charge >= 0.3 is 0 Å². The first-order chi connectivity index (χ1) is 16.8. The van der Waals surface area contributed by atoms with Crippen LogP contribution in [0.2, 0.25) is 0 Å². The van der Waals surface area contributed by atoms with Crippen LogP contribution in [-0.4, -0.2) is 30.9 Å². The van der Waals surface area contributed by atoms with Crippen molar-refractivity contribution in [2.75, 3.05) is 17.1 Å². The number of rotatable bonds is 8. The molecule has 0 fully saturated rings. The summed E-state index contributed by atoms with van der Waals surface area (Å²) in [6.07, 6.45) is 3.77. The van der Waals surface area contributed by atoms with Crippen LogP contribution in [0.15, 0.2) is 96.2 Å². The highest BCUT2D eigenvalue weighted by atomic mass is 32.2. The Morgan fingerprint density at radius 3 is 2.34 bits per heavy atom. The Kier molecular flexibility index (Phi) is 6.51. The third-order valence-corrected chi connectivity index (χ3v) is 6.45. The number of anilines is 2. The highest BCUT2D eigenvalue weighted by Gasteiger charge is 2.20. The number of nitro benzene ring substituents is 1. The first-order valence-corrected chi connectivity index (χ1v) is 11.8. The van der Waals surface area contributed by atoms with E-state index < -0.39 is 20.9 Å². The molecule has 0 bridgehead atoms. The zero-order valence-corrected chi connectivity index (χ0v) is 19.2. The smallest absolute Gasteiger partial charge is 0.271 e. The molecule has 1 heterocycles. The molecular weight excluding hydrogens is 472 g/mol. The number of ether oxygens (including phenoxy) is 1.